The largest absolute Gasteiger partial charge is 0.327 e. The number of rotatable bonds is 3. The highest BCUT2D eigenvalue weighted by molar-refractivity contribution is 4.75. The maximum absolute atomic E-state index is 5.75. The third-order valence-electron chi connectivity index (χ3n) is 1.91. The van der Waals surface area contributed by atoms with Crippen molar-refractivity contribution in [2.45, 2.75) is 39.3 Å². The van der Waals surface area contributed by atoms with Crippen LogP contribution in [0.3, 0.4) is 0 Å². The zero-order valence-electron chi connectivity index (χ0n) is 6.59. The minimum absolute atomic E-state index is 0.125. The van der Waals surface area contributed by atoms with Gasteiger partial charge in [0.05, 0.1) is 0 Å². The molecule has 3 unspecified atom stereocenters. The van der Waals surface area contributed by atoms with Gasteiger partial charge in [-0.25, -0.2) is 0 Å². The predicted molar refractivity (Wildman–Crippen MR) is 41.1 cm³/mol. The first-order chi connectivity index (χ1) is 4.09. The van der Waals surface area contributed by atoms with Crippen molar-refractivity contribution in [2.75, 3.05) is 0 Å². The first kappa shape index (κ1) is 8.92. The fourth-order valence-electron chi connectivity index (χ4n) is 0.790. The third kappa shape index (κ3) is 2.82. The lowest BCUT2D eigenvalue weighted by Gasteiger charge is -2.21. The topological polar surface area (TPSA) is 52.0 Å². The fraction of sp³-hybridized carbons (Fsp3) is 1.00. The van der Waals surface area contributed by atoms with E-state index < -0.39 is 0 Å². The van der Waals surface area contributed by atoms with Crippen LogP contribution < -0.4 is 11.5 Å². The molecule has 4 N–H and O–H groups in total. The molecule has 2 nitrogen and oxygen atoms in total. The predicted octanol–water partition coefficient (Wildman–Crippen LogP) is 0.707. The van der Waals surface area contributed by atoms with Crippen LogP contribution in [0.2, 0.25) is 0 Å². The van der Waals surface area contributed by atoms with Crippen LogP contribution in [0.15, 0.2) is 0 Å². The molecule has 0 aromatic carbocycles. The summed E-state index contributed by atoms with van der Waals surface area (Å²) < 4.78 is 0. The van der Waals surface area contributed by atoms with E-state index in [1.54, 1.807) is 0 Å². The summed E-state index contributed by atoms with van der Waals surface area (Å²) in [6.07, 6.45) is 1.11. The molecule has 0 fully saturated rings. The summed E-state index contributed by atoms with van der Waals surface area (Å²) in [5.74, 6) is 0.546. The zero-order chi connectivity index (χ0) is 7.44. The van der Waals surface area contributed by atoms with Crippen molar-refractivity contribution in [3.8, 4) is 0 Å². The second-order valence-electron chi connectivity index (χ2n) is 2.82. The Balaban J connectivity index is 3.58. The lowest BCUT2D eigenvalue weighted by molar-refractivity contribution is 0.395. The first-order valence-corrected chi connectivity index (χ1v) is 3.60. The molecule has 0 saturated carbocycles. The summed E-state index contributed by atoms with van der Waals surface area (Å²) in [5, 5.41) is 0. The van der Waals surface area contributed by atoms with Crippen LogP contribution in [0, 0.1) is 5.92 Å². The molecular weight excluding hydrogens is 112 g/mol. The molecule has 0 saturated heterocycles. The Morgan fingerprint density at radius 2 is 1.67 bits per heavy atom. The van der Waals surface area contributed by atoms with Crippen molar-refractivity contribution in [3.63, 3.8) is 0 Å². The quantitative estimate of drug-likeness (QED) is 0.591. The molecule has 0 heterocycles. The Kier molecular flexibility index (Phi) is 3.82. The Morgan fingerprint density at radius 1 is 1.22 bits per heavy atom. The van der Waals surface area contributed by atoms with Gasteiger partial charge in [0.25, 0.3) is 0 Å². The van der Waals surface area contributed by atoms with Gasteiger partial charge < -0.3 is 11.5 Å². The van der Waals surface area contributed by atoms with E-state index in [2.05, 4.69) is 13.8 Å². The van der Waals surface area contributed by atoms with Gasteiger partial charge in [-0.3, -0.25) is 0 Å². The zero-order valence-corrected chi connectivity index (χ0v) is 6.59. The Morgan fingerprint density at radius 3 is 1.78 bits per heavy atom. The van der Waals surface area contributed by atoms with Gasteiger partial charge in [0.2, 0.25) is 0 Å². The van der Waals surface area contributed by atoms with Crippen LogP contribution >= 0.6 is 0 Å². The number of nitrogens with two attached hydrogens (primary N) is 2. The van der Waals surface area contributed by atoms with E-state index in [0.29, 0.717) is 5.92 Å². The van der Waals surface area contributed by atoms with Crippen LogP contribution in [-0.2, 0) is 0 Å². The maximum Gasteiger partial charge on any atom is 0.0215 e. The average molecular weight is 130 g/mol. The van der Waals surface area contributed by atoms with E-state index >= 15 is 0 Å². The molecule has 3 atom stereocenters. The van der Waals surface area contributed by atoms with Crippen molar-refractivity contribution >= 4 is 0 Å². The van der Waals surface area contributed by atoms with Gasteiger partial charge in [0, 0.05) is 12.1 Å². The van der Waals surface area contributed by atoms with Crippen LogP contribution in [0.25, 0.3) is 0 Å². The van der Waals surface area contributed by atoms with E-state index in [1.807, 2.05) is 6.92 Å². The van der Waals surface area contributed by atoms with Crippen molar-refractivity contribution in [3.05, 3.63) is 0 Å². The molecule has 9 heavy (non-hydrogen) atoms. The van der Waals surface area contributed by atoms with Crippen molar-refractivity contribution < 1.29 is 0 Å². The summed E-state index contributed by atoms with van der Waals surface area (Å²) in [7, 11) is 0. The van der Waals surface area contributed by atoms with Crippen molar-refractivity contribution in [2.24, 2.45) is 17.4 Å². The van der Waals surface area contributed by atoms with Gasteiger partial charge in [-0.05, 0) is 12.8 Å². The van der Waals surface area contributed by atoms with E-state index in [1.165, 1.54) is 0 Å². The Hall–Kier alpha value is -0.0800. The molecule has 0 spiro atoms. The van der Waals surface area contributed by atoms with Crippen LogP contribution in [0.5, 0.6) is 0 Å². The second kappa shape index (κ2) is 3.85. The summed E-state index contributed by atoms with van der Waals surface area (Å²) in [5.41, 5.74) is 11.3. The van der Waals surface area contributed by atoms with E-state index in [4.69, 9.17) is 11.5 Å². The molecule has 0 aliphatic heterocycles. The standard InChI is InChI=1S/C7H18N2/c1-4-5(2)7(9)6(3)8/h5-7H,4,8-9H2,1-3H3. The molecule has 56 valence electrons. The van der Waals surface area contributed by atoms with Gasteiger partial charge in [-0.1, -0.05) is 20.3 Å². The van der Waals surface area contributed by atoms with E-state index in [0.717, 1.165) is 6.42 Å². The molecule has 2 heteroatoms. The van der Waals surface area contributed by atoms with Gasteiger partial charge >= 0.3 is 0 Å². The summed E-state index contributed by atoms with van der Waals surface area (Å²) >= 11 is 0. The SMILES string of the molecule is CCC(C)C(N)C(C)N. The molecule has 0 amide bonds. The normalized spacial score (nSPS) is 21.0. The van der Waals surface area contributed by atoms with E-state index in [9.17, 15) is 0 Å². The van der Waals surface area contributed by atoms with Gasteiger partial charge in [0.1, 0.15) is 0 Å². The minimum Gasteiger partial charge on any atom is -0.327 e. The molecule has 0 aliphatic carbocycles. The van der Waals surface area contributed by atoms with Gasteiger partial charge in [-0.2, -0.15) is 0 Å². The highest BCUT2D eigenvalue weighted by Gasteiger charge is 2.13. The Labute approximate surface area is 57.6 Å². The Bertz CT molecular complexity index is 71.3. The molecule has 0 aliphatic rings. The van der Waals surface area contributed by atoms with Crippen LogP contribution in [0.1, 0.15) is 27.2 Å². The second-order valence-corrected chi connectivity index (χ2v) is 2.82. The summed E-state index contributed by atoms with van der Waals surface area (Å²) in [6.45, 7) is 6.22. The maximum atomic E-state index is 5.75. The number of hydrogen-bond donors (Lipinski definition) is 2. The van der Waals surface area contributed by atoms with Crippen LogP contribution in [-0.4, -0.2) is 12.1 Å². The average Bonchev–Trinajstić information content (AvgIpc) is 1.84. The monoisotopic (exact) mass is 130 g/mol. The summed E-state index contributed by atoms with van der Waals surface area (Å²) in [6, 6.07) is 0.287. The molecule has 0 aromatic heterocycles. The fourth-order valence-corrected chi connectivity index (χ4v) is 0.790. The van der Waals surface area contributed by atoms with E-state index in [-0.39, 0.29) is 12.1 Å². The molecule has 0 bridgehead atoms. The van der Waals surface area contributed by atoms with Crippen LogP contribution in [0.4, 0.5) is 0 Å². The highest BCUT2D eigenvalue weighted by Crippen LogP contribution is 2.06. The smallest absolute Gasteiger partial charge is 0.0215 e. The third-order valence-corrected chi connectivity index (χ3v) is 1.91. The minimum atomic E-state index is 0.125. The number of hydrogen-bond acceptors (Lipinski definition) is 2. The molecule has 0 rings (SSSR count). The highest BCUT2D eigenvalue weighted by atomic mass is 14.8. The molecule has 0 aromatic rings. The van der Waals surface area contributed by atoms with Gasteiger partial charge in [-0.15, -0.1) is 0 Å². The van der Waals surface area contributed by atoms with Crippen molar-refractivity contribution in [1.82, 2.24) is 0 Å². The molecule has 0 radical (unpaired) electrons. The molecular formula is C7H18N2. The summed E-state index contributed by atoms with van der Waals surface area (Å²) in [4.78, 5) is 0. The van der Waals surface area contributed by atoms with Gasteiger partial charge in [0.15, 0.2) is 0 Å². The first-order valence-electron chi connectivity index (χ1n) is 3.60. The lowest BCUT2D eigenvalue weighted by Crippen LogP contribution is -2.43. The van der Waals surface area contributed by atoms with Crippen molar-refractivity contribution in [1.29, 1.82) is 0 Å². The lowest BCUT2D eigenvalue weighted by atomic mass is 9.95.